The summed E-state index contributed by atoms with van der Waals surface area (Å²) in [5.41, 5.74) is 1.86. The standard InChI is InChI=1S/C45H59N7O6/c1-32(46-3)42(55)49-39(44(57)51-27-15-21-36(51)25-26-38(53)29-34-17-9-7-10-18-34)23-13-5-6-14-24-40(50-43(56)33(2)47-4)45(58)52-28-16-22-37(52)31-48-41(54)30-35-19-11-8-12-20-35/h7-12,17-20,32-33,36-37,39-40,46-47H,15-16,21-31H2,1-4H3,(H,48,54)(H,49,55)(H,50,56)/t32-,33-,36-,37-,39-,40-/m0/s1. The summed E-state index contributed by atoms with van der Waals surface area (Å²) < 4.78 is 0. The zero-order valence-electron chi connectivity index (χ0n) is 34.3. The zero-order chi connectivity index (χ0) is 41.9. The highest BCUT2D eigenvalue weighted by Crippen LogP contribution is 2.24. The van der Waals surface area contributed by atoms with Gasteiger partial charge in [-0.25, -0.2) is 0 Å². The van der Waals surface area contributed by atoms with Crippen LogP contribution in [0.2, 0.25) is 0 Å². The molecule has 2 saturated heterocycles. The van der Waals surface area contributed by atoms with Gasteiger partial charge in [0.25, 0.3) is 0 Å². The molecule has 2 aromatic rings. The quantitative estimate of drug-likeness (QED) is 0.135. The molecule has 2 aliphatic rings. The van der Waals surface area contributed by atoms with Gasteiger partial charge in [0.1, 0.15) is 17.9 Å². The lowest BCUT2D eigenvalue weighted by molar-refractivity contribution is -0.137. The molecule has 5 amide bonds. The van der Waals surface area contributed by atoms with E-state index < -0.39 is 24.2 Å². The third-order valence-electron chi connectivity index (χ3n) is 10.8. The molecule has 6 atom stereocenters. The first-order valence-corrected chi connectivity index (χ1v) is 20.4. The van der Waals surface area contributed by atoms with Crippen molar-refractivity contribution in [1.82, 2.24) is 36.4 Å². The Kier molecular flexibility index (Phi) is 18.4. The Morgan fingerprint density at radius 1 is 0.672 bits per heavy atom. The number of likely N-dealkylation sites (N-methyl/N-ethyl adjacent to an activating group) is 2. The lowest BCUT2D eigenvalue weighted by atomic mass is 10.0. The number of nitrogens with one attached hydrogen (secondary N) is 5. The molecule has 0 aliphatic carbocycles. The van der Waals surface area contributed by atoms with Crippen molar-refractivity contribution in [2.45, 2.75) is 114 Å². The molecule has 310 valence electrons. The molecule has 13 heteroatoms. The Morgan fingerprint density at radius 3 is 1.64 bits per heavy atom. The van der Waals surface area contributed by atoms with Crippen LogP contribution in [-0.2, 0) is 41.6 Å². The Balaban J connectivity index is 1.39. The van der Waals surface area contributed by atoms with Crippen LogP contribution in [0.3, 0.4) is 0 Å². The number of amides is 5. The van der Waals surface area contributed by atoms with E-state index in [0.717, 1.165) is 36.8 Å². The molecule has 2 heterocycles. The van der Waals surface area contributed by atoms with Crippen molar-refractivity contribution in [3.8, 4) is 23.7 Å². The molecule has 0 saturated carbocycles. The molecular weight excluding hydrogens is 735 g/mol. The highest BCUT2D eigenvalue weighted by Gasteiger charge is 2.35. The first kappa shape index (κ1) is 45.2. The summed E-state index contributed by atoms with van der Waals surface area (Å²) in [4.78, 5) is 82.5. The van der Waals surface area contributed by atoms with Crippen molar-refractivity contribution in [2.75, 3.05) is 33.7 Å². The molecule has 0 spiro atoms. The van der Waals surface area contributed by atoms with Gasteiger partial charge in [-0.1, -0.05) is 72.5 Å². The number of hydrogen-bond acceptors (Lipinski definition) is 8. The van der Waals surface area contributed by atoms with E-state index in [1.54, 1.807) is 37.7 Å². The minimum atomic E-state index is -0.943. The maximum atomic E-state index is 13.9. The summed E-state index contributed by atoms with van der Waals surface area (Å²) in [5.74, 6) is 10.2. The molecule has 2 aliphatic heterocycles. The number of hydrogen-bond donors (Lipinski definition) is 5. The summed E-state index contributed by atoms with van der Waals surface area (Å²) in [6, 6.07) is 15.7. The number of likely N-dealkylation sites (tertiary alicyclic amines) is 2. The van der Waals surface area contributed by atoms with Crippen molar-refractivity contribution in [3.05, 3.63) is 71.8 Å². The van der Waals surface area contributed by atoms with Gasteiger partial charge in [-0.15, -0.1) is 0 Å². The minimum absolute atomic E-state index is 0.00347. The number of nitrogens with zero attached hydrogens (tertiary/aromatic N) is 2. The van der Waals surface area contributed by atoms with Gasteiger partial charge in [-0.3, -0.25) is 28.8 Å². The lowest BCUT2D eigenvalue weighted by Crippen LogP contribution is -2.54. The van der Waals surface area contributed by atoms with Crippen LogP contribution in [0.1, 0.15) is 76.3 Å². The zero-order valence-corrected chi connectivity index (χ0v) is 34.3. The first-order valence-electron chi connectivity index (χ1n) is 20.4. The van der Waals surface area contributed by atoms with E-state index in [9.17, 15) is 28.8 Å². The van der Waals surface area contributed by atoms with Crippen LogP contribution >= 0.6 is 0 Å². The summed E-state index contributed by atoms with van der Waals surface area (Å²) in [6.45, 7) is 4.72. The minimum Gasteiger partial charge on any atom is -0.354 e. The molecule has 13 nitrogen and oxygen atoms in total. The normalized spacial score (nSPS) is 18.0. The average molecular weight is 794 g/mol. The average Bonchev–Trinajstić information content (AvgIpc) is 3.92. The third kappa shape index (κ3) is 14.2. The van der Waals surface area contributed by atoms with Gasteiger partial charge in [0.2, 0.25) is 29.5 Å². The first-order chi connectivity index (χ1) is 28.0. The number of ketones is 1. The monoisotopic (exact) mass is 793 g/mol. The predicted molar refractivity (Wildman–Crippen MR) is 223 cm³/mol. The topological polar surface area (TPSA) is 169 Å². The fourth-order valence-electron chi connectivity index (χ4n) is 7.13. The van der Waals surface area contributed by atoms with Crippen molar-refractivity contribution in [3.63, 3.8) is 0 Å². The summed E-state index contributed by atoms with van der Waals surface area (Å²) in [5, 5.41) is 14.4. The maximum Gasteiger partial charge on any atom is 0.246 e. The molecule has 2 aromatic carbocycles. The second kappa shape index (κ2) is 23.7. The van der Waals surface area contributed by atoms with Crippen LogP contribution in [0.25, 0.3) is 0 Å². The van der Waals surface area contributed by atoms with Crippen molar-refractivity contribution >= 4 is 35.3 Å². The van der Waals surface area contributed by atoms with Crippen LogP contribution in [0, 0.1) is 23.7 Å². The van der Waals surface area contributed by atoms with Crippen molar-refractivity contribution in [1.29, 1.82) is 0 Å². The summed E-state index contributed by atoms with van der Waals surface area (Å²) in [7, 11) is 3.32. The van der Waals surface area contributed by atoms with Gasteiger partial charge in [0, 0.05) is 57.4 Å². The summed E-state index contributed by atoms with van der Waals surface area (Å²) in [6.07, 6.45) is 4.57. The number of carbonyl (C=O) groups excluding carboxylic acids is 6. The highest BCUT2D eigenvalue weighted by atomic mass is 16.2. The Morgan fingerprint density at radius 2 is 1.14 bits per heavy atom. The smallest absolute Gasteiger partial charge is 0.246 e. The van der Waals surface area contributed by atoms with Gasteiger partial charge in [-0.05, 0) is 83.0 Å². The SMILES string of the molecule is CN[C@@H](C)C(=O)N[C@@H](CC#CC#CC[C@H](NC(=O)[C@H](C)NC)C(=O)N1CCC[C@H]1CNC(=O)Cc1ccccc1)C(=O)N1CCC[C@H]1CCC(=O)Cc1ccccc1. The fourth-order valence-corrected chi connectivity index (χ4v) is 7.13. The van der Waals surface area contributed by atoms with E-state index in [0.29, 0.717) is 38.9 Å². The largest absolute Gasteiger partial charge is 0.354 e. The lowest BCUT2D eigenvalue weighted by Gasteiger charge is -2.29. The van der Waals surface area contributed by atoms with Gasteiger partial charge >= 0.3 is 0 Å². The molecule has 0 bridgehead atoms. The van der Waals surface area contributed by atoms with Gasteiger partial charge in [0.15, 0.2) is 0 Å². The van der Waals surface area contributed by atoms with Gasteiger partial charge in [-0.2, -0.15) is 0 Å². The van der Waals surface area contributed by atoms with E-state index in [2.05, 4.69) is 50.3 Å². The van der Waals surface area contributed by atoms with E-state index in [-0.39, 0.29) is 66.7 Å². The molecule has 4 rings (SSSR count). The molecule has 5 N–H and O–H groups in total. The second-order valence-electron chi connectivity index (χ2n) is 15.0. The van der Waals surface area contributed by atoms with Crippen LogP contribution in [-0.4, -0.2) is 115 Å². The second-order valence-corrected chi connectivity index (χ2v) is 15.0. The predicted octanol–water partition coefficient (Wildman–Crippen LogP) is 1.89. The molecule has 58 heavy (non-hydrogen) atoms. The molecule has 0 radical (unpaired) electrons. The number of carbonyl (C=O) groups is 6. The van der Waals surface area contributed by atoms with Crippen LogP contribution < -0.4 is 26.6 Å². The van der Waals surface area contributed by atoms with Crippen molar-refractivity contribution < 1.29 is 28.8 Å². The molecule has 2 fully saturated rings. The maximum absolute atomic E-state index is 13.9. The number of benzene rings is 2. The van der Waals surface area contributed by atoms with E-state index in [1.165, 1.54) is 0 Å². The molecule has 0 aromatic heterocycles. The fraction of sp³-hybridized carbons (Fsp3) is 0.511. The van der Waals surface area contributed by atoms with Gasteiger partial charge < -0.3 is 36.4 Å². The Hall–Kier alpha value is -5.50. The molecular formula is C45H59N7O6. The number of rotatable bonds is 19. The third-order valence-corrected chi connectivity index (χ3v) is 10.8. The highest BCUT2D eigenvalue weighted by molar-refractivity contribution is 5.91. The van der Waals surface area contributed by atoms with Crippen LogP contribution in [0.15, 0.2) is 60.7 Å². The van der Waals surface area contributed by atoms with Crippen molar-refractivity contribution in [2.24, 2.45) is 0 Å². The Bertz CT molecular complexity index is 1700. The number of Topliss-reactive ketones (excluding diaryl/α,β-unsaturated/α-hetero) is 1. The summed E-state index contributed by atoms with van der Waals surface area (Å²) >= 11 is 0. The van der Waals surface area contributed by atoms with Crippen LogP contribution in [0.4, 0.5) is 0 Å². The van der Waals surface area contributed by atoms with Gasteiger partial charge in [0.05, 0.1) is 18.5 Å². The molecule has 0 unspecified atom stereocenters. The van der Waals surface area contributed by atoms with E-state index in [1.807, 2.05) is 60.7 Å². The Labute approximate surface area is 343 Å². The van der Waals surface area contributed by atoms with E-state index in [4.69, 9.17) is 0 Å². The van der Waals surface area contributed by atoms with E-state index >= 15 is 0 Å². The van der Waals surface area contributed by atoms with Crippen LogP contribution in [0.5, 0.6) is 0 Å².